The molecule has 0 heterocycles. The van der Waals surface area contributed by atoms with E-state index in [1.165, 1.54) is 38.5 Å². The van der Waals surface area contributed by atoms with E-state index < -0.39 is 12.0 Å². The van der Waals surface area contributed by atoms with Crippen molar-refractivity contribution in [2.75, 3.05) is 0 Å². The molecule has 4 unspecified atom stereocenters. The molecular weight excluding hydrogens is 430 g/mol. The van der Waals surface area contributed by atoms with Crippen molar-refractivity contribution in [1.82, 2.24) is 0 Å². The fourth-order valence-electron chi connectivity index (χ4n) is 6.58. The summed E-state index contributed by atoms with van der Waals surface area (Å²) in [4.78, 5) is 0. The van der Waals surface area contributed by atoms with Crippen molar-refractivity contribution in [3.8, 4) is 0 Å². The number of hydrogen-bond acceptors (Lipinski definition) is 0. The van der Waals surface area contributed by atoms with Crippen LogP contribution in [0.5, 0.6) is 0 Å². The summed E-state index contributed by atoms with van der Waals surface area (Å²) >= 11 is -5.01. The third-order valence-corrected chi connectivity index (χ3v) is 36.8. The van der Waals surface area contributed by atoms with E-state index >= 15 is 0 Å². The van der Waals surface area contributed by atoms with E-state index in [2.05, 4.69) is 52.6 Å². The van der Waals surface area contributed by atoms with Crippen LogP contribution in [0.2, 0.25) is 16.5 Å². The first-order valence-electron chi connectivity index (χ1n) is 9.64. The number of fused-ring (bicyclic) bond motifs is 2. The van der Waals surface area contributed by atoms with Gasteiger partial charge in [0.2, 0.25) is 0 Å². The van der Waals surface area contributed by atoms with Crippen molar-refractivity contribution >= 4 is 23.9 Å². The Kier molecular flexibility index (Phi) is 3.41. The van der Waals surface area contributed by atoms with Gasteiger partial charge >= 0.3 is 150 Å². The molecule has 0 nitrogen and oxygen atoms in total. The van der Waals surface area contributed by atoms with Crippen molar-refractivity contribution in [3.05, 3.63) is 47.6 Å². The standard InChI is InChI=1S/2C9H11.2CH3.2ClH.H2Si.Zr/c2*1-2-5-9-7-3-6-8(9)4-1;;;;;;/h2*1-2,4,6,9H,3,5,7H2;2*1H3;2*1H;1H2;/q;;;;;;;+2/p-2. The van der Waals surface area contributed by atoms with Crippen molar-refractivity contribution in [2.45, 2.75) is 55.0 Å². The molecule has 0 aromatic rings. The predicted molar refractivity (Wildman–Crippen MR) is 109 cm³/mol. The van der Waals surface area contributed by atoms with E-state index in [4.69, 9.17) is 17.0 Å². The first-order valence-corrected chi connectivity index (χ1v) is 29.6. The SMILES string of the molecule is [CH3][Zr]([CH3])(=[SiH2])([Cl])([Cl])([CH]1CCC2CC=CC=C21)[CH]1CCC2CC=CC=C21. The molecule has 2 saturated carbocycles. The molecule has 24 heavy (non-hydrogen) atoms. The molecule has 4 aliphatic rings. The molecule has 4 aliphatic carbocycles. The van der Waals surface area contributed by atoms with Gasteiger partial charge in [0, 0.05) is 0 Å². The molecule has 4 heteroatoms. The van der Waals surface area contributed by atoms with E-state index in [-0.39, 0.29) is 0 Å². The molecule has 0 aliphatic heterocycles. The van der Waals surface area contributed by atoms with Gasteiger partial charge < -0.3 is 0 Å². The minimum absolute atomic E-state index is 0.383. The molecule has 0 amide bonds. The Morgan fingerprint density at radius 1 is 0.833 bits per heavy atom. The average molecular weight is 461 g/mol. The third-order valence-electron chi connectivity index (χ3n) is 7.86. The Hall–Kier alpha value is 0.640. The second-order valence-corrected chi connectivity index (χ2v) is 79.5. The number of hydrogen-bond donors (Lipinski definition) is 0. The van der Waals surface area contributed by atoms with Gasteiger partial charge in [-0.25, -0.2) is 0 Å². The second-order valence-electron chi connectivity index (χ2n) is 10.8. The van der Waals surface area contributed by atoms with Gasteiger partial charge in [0.25, 0.3) is 0 Å². The summed E-state index contributed by atoms with van der Waals surface area (Å²) in [6.07, 6.45) is 21.0. The average Bonchev–Trinajstić information content (AvgIpc) is 3.11. The zero-order chi connectivity index (χ0) is 17.3. The molecule has 0 spiro atoms. The van der Waals surface area contributed by atoms with Crippen LogP contribution >= 0.6 is 17.0 Å². The van der Waals surface area contributed by atoms with Gasteiger partial charge in [-0.2, -0.15) is 0 Å². The molecule has 0 saturated heterocycles. The van der Waals surface area contributed by atoms with Gasteiger partial charge in [-0.3, -0.25) is 0 Å². The zero-order valence-corrected chi connectivity index (χ0v) is 20.4. The molecule has 0 bridgehead atoms. The van der Waals surface area contributed by atoms with Crippen molar-refractivity contribution in [3.63, 3.8) is 0 Å². The van der Waals surface area contributed by atoms with Gasteiger partial charge in [-0.1, -0.05) is 0 Å². The Morgan fingerprint density at radius 3 is 1.67 bits per heavy atom. The first-order chi connectivity index (χ1) is 10.9. The van der Waals surface area contributed by atoms with Crippen LogP contribution in [0, 0.1) is 11.8 Å². The Morgan fingerprint density at radius 2 is 1.25 bits per heavy atom. The van der Waals surface area contributed by atoms with Crippen LogP contribution in [0.25, 0.3) is 0 Å². The molecule has 4 rings (SSSR count). The predicted octanol–water partition coefficient (Wildman–Crippen LogP) is 6.87. The summed E-state index contributed by atoms with van der Waals surface area (Å²) in [6, 6.07) is 0. The number of rotatable bonds is 2. The van der Waals surface area contributed by atoms with Crippen LogP contribution in [0.15, 0.2) is 47.6 Å². The summed E-state index contributed by atoms with van der Waals surface area (Å²) in [6.45, 7) is 2.06. The molecule has 132 valence electrons. The van der Waals surface area contributed by atoms with E-state index in [9.17, 15) is 0 Å². The van der Waals surface area contributed by atoms with Gasteiger partial charge in [0.05, 0.1) is 0 Å². The van der Waals surface area contributed by atoms with Crippen molar-refractivity contribution in [1.29, 1.82) is 0 Å². The molecule has 4 atom stereocenters. The minimum atomic E-state index is -5.01. The number of allylic oxidation sites excluding steroid dienone is 8. The summed E-state index contributed by atoms with van der Waals surface area (Å²) in [5.41, 5.74) is 3.14. The van der Waals surface area contributed by atoms with Crippen LogP contribution in [-0.4, -0.2) is 6.88 Å². The summed E-state index contributed by atoms with van der Waals surface area (Å²) < 4.78 is 5.48. The molecular formula is C20H30Cl2SiZr. The van der Waals surface area contributed by atoms with Crippen LogP contribution < -0.4 is 0 Å². The molecule has 0 aromatic carbocycles. The Balaban J connectivity index is 1.90. The van der Waals surface area contributed by atoms with Crippen molar-refractivity contribution < 1.29 is 12.0 Å². The third kappa shape index (κ3) is 2.54. The number of halogens is 2. The van der Waals surface area contributed by atoms with Gasteiger partial charge in [0.1, 0.15) is 0 Å². The monoisotopic (exact) mass is 458 g/mol. The maximum atomic E-state index is 7.99. The fraction of sp³-hybridized carbons (Fsp3) is 0.600. The molecule has 0 radical (unpaired) electrons. The van der Waals surface area contributed by atoms with Crippen LogP contribution in [0.3, 0.4) is 0 Å². The van der Waals surface area contributed by atoms with Gasteiger partial charge in [-0.05, 0) is 0 Å². The molecule has 0 N–H and O–H groups in total. The Bertz CT molecular complexity index is 775. The van der Waals surface area contributed by atoms with E-state index in [1.54, 1.807) is 11.1 Å². The summed E-state index contributed by atoms with van der Waals surface area (Å²) in [5, 5.41) is 0. The van der Waals surface area contributed by atoms with Crippen LogP contribution in [0.1, 0.15) is 38.5 Å². The van der Waals surface area contributed by atoms with Gasteiger partial charge in [-0.15, -0.1) is 0 Å². The van der Waals surface area contributed by atoms with Crippen LogP contribution in [0.4, 0.5) is 0 Å². The maximum absolute atomic E-state index is 7.99. The first kappa shape index (κ1) is 18.0. The Labute approximate surface area is 149 Å². The topological polar surface area (TPSA) is 0 Å². The van der Waals surface area contributed by atoms with Crippen molar-refractivity contribution in [2.24, 2.45) is 11.8 Å². The van der Waals surface area contributed by atoms with Crippen LogP contribution in [-0.2, 0) is 12.0 Å². The molecule has 0 aromatic heterocycles. The normalized spacial score (nSPS) is 39.8. The quantitative estimate of drug-likeness (QED) is 0.395. The second kappa shape index (κ2) is 4.54. The van der Waals surface area contributed by atoms with E-state index in [1.807, 2.05) is 0 Å². The fourth-order valence-corrected chi connectivity index (χ4v) is 33.4. The van der Waals surface area contributed by atoms with Gasteiger partial charge in [0.15, 0.2) is 0 Å². The summed E-state index contributed by atoms with van der Waals surface area (Å²) in [5.74, 6) is 1.35. The zero-order valence-electron chi connectivity index (χ0n) is 15.0. The summed E-state index contributed by atoms with van der Waals surface area (Å²) in [7, 11) is 16.0. The van der Waals surface area contributed by atoms with E-state index in [0.29, 0.717) is 19.1 Å². The van der Waals surface area contributed by atoms with E-state index in [0.717, 1.165) is 0 Å². The molecule has 2 fully saturated rings.